The van der Waals surface area contributed by atoms with Crippen molar-refractivity contribution in [1.29, 1.82) is 0 Å². The molecule has 2 aromatic rings. The molecule has 0 aromatic carbocycles. The van der Waals surface area contributed by atoms with Gasteiger partial charge in [-0.25, -0.2) is 9.67 Å². The molecule has 7 nitrogen and oxygen atoms in total. The lowest BCUT2D eigenvalue weighted by atomic mass is 9.98. The van der Waals surface area contributed by atoms with Crippen molar-refractivity contribution in [3.63, 3.8) is 0 Å². The van der Waals surface area contributed by atoms with Crippen LogP contribution in [0, 0.1) is 19.8 Å². The third-order valence-corrected chi connectivity index (χ3v) is 4.41. The Morgan fingerprint density at radius 1 is 1.33 bits per heavy atom. The number of carboxylic acids is 1. The quantitative estimate of drug-likeness (QED) is 0.925. The Morgan fingerprint density at radius 2 is 2.12 bits per heavy atom. The smallest absolute Gasteiger partial charge is 0.308 e. The number of carbonyl (C=O) groups is 1. The van der Waals surface area contributed by atoms with Crippen molar-refractivity contribution >= 4 is 11.8 Å². The van der Waals surface area contributed by atoms with Gasteiger partial charge >= 0.3 is 5.97 Å². The number of hydrogen-bond donors (Lipinski definition) is 1. The number of aromatic nitrogens is 4. The van der Waals surface area contributed by atoms with Gasteiger partial charge in [0.25, 0.3) is 5.95 Å². The topological polar surface area (TPSA) is 84.1 Å². The van der Waals surface area contributed by atoms with Gasteiger partial charge in [0.1, 0.15) is 5.82 Å². The maximum absolute atomic E-state index is 11.3. The molecule has 1 saturated heterocycles. The van der Waals surface area contributed by atoms with E-state index in [1.807, 2.05) is 32.9 Å². The van der Waals surface area contributed by atoms with Crippen LogP contribution in [0.3, 0.4) is 0 Å². The third kappa shape index (κ3) is 3.25. The summed E-state index contributed by atoms with van der Waals surface area (Å²) in [6.07, 6.45) is 2.37. The van der Waals surface area contributed by atoms with Crippen LogP contribution in [0.4, 0.5) is 5.82 Å². The van der Waals surface area contributed by atoms with Crippen molar-refractivity contribution in [2.24, 2.45) is 5.92 Å². The first kappa shape index (κ1) is 16.4. The van der Waals surface area contributed by atoms with Crippen LogP contribution in [0.15, 0.2) is 12.1 Å². The second-order valence-electron chi connectivity index (χ2n) is 6.33. The van der Waals surface area contributed by atoms with Crippen LogP contribution < -0.4 is 4.90 Å². The maximum atomic E-state index is 11.3. The lowest BCUT2D eigenvalue weighted by Crippen LogP contribution is -2.39. The van der Waals surface area contributed by atoms with Gasteiger partial charge in [0.05, 0.1) is 11.6 Å². The summed E-state index contributed by atoms with van der Waals surface area (Å²) in [5.41, 5.74) is 2.83. The van der Waals surface area contributed by atoms with Crippen LogP contribution in [0.25, 0.3) is 5.95 Å². The Bertz CT molecular complexity index is 755. The average Bonchev–Trinajstić information content (AvgIpc) is 2.93. The van der Waals surface area contributed by atoms with Gasteiger partial charge in [-0.3, -0.25) is 4.79 Å². The molecule has 1 unspecified atom stereocenters. The highest BCUT2D eigenvalue weighted by Crippen LogP contribution is 2.23. The molecule has 0 aliphatic carbocycles. The molecule has 7 heteroatoms. The summed E-state index contributed by atoms with van der Waals surface area (Å²) >= 11 is 0. The van der Waals surface area contributed by atoms with Crippen molar-refractivity contribution in [3.8, 4) is 5.95 Å². The molecule has 1 aliphatic rings. The van der Waals surface area contributed by atoms with Crippen LogP contribution in [-0.4, -0.2) is 43.9 Å². The van der Waals surface area contributed by atoms with Crippen LogP contribution in [0.5, 0.6) is 0 Å². The first-order valence-corrected chi connectivity index (χ1v) is 8.37. The van der Waals surface area contributed by atoms with Crippen LogP contribution >= 0.6 is 0 Å². The van der Waals surface area contributed by atoms with Gasteiger partial charge in [-0.05, 0) is 39.2 Å². The van der Waals surface area contributed by atoms with E-state index in [1.54, 1.807) is 4.68 Å². The Kier molecular flexibility index (Phi) is 4.51. The van der Waals surface area contributed by atoms with E-state index in [9.17, 15) is 9.90 Å². The Hall–Kier alpha value is -2.44. The highest BCUT2D eigenvalue weighted by Gasteiger charge is 2.26. The lowest BCUT2D eigenvalue weighted by molar-refractivity contribution is -0.141. The van der Waals surface area contributed by atoms with E-state index in [0.29, 0.717) is 12.5 Å². The van der Waals surface area contributed by atoms with E-state index in [-0.39, 0.29) is 5.92 Å². The highest BCUT2D eigenvalue weighted by molar-refractivity contribution is 5.71. The summed E-state index contributed by atoms with van der Waals surface area (Å²) in [6.45, 7) is 7.28. The molecule has 0 amide bonds. The van der Waals surface area contributed by atoms with Gasteiger partial charge in [0, 0.05) is 30.5 Å². The Morgan fingerprint density at radius 3 is 2.75 bits per heavy atom. The summed E-state index contributed by atoms with van der Waals surface area (Å²) in [5.74, 6) is 0.266. The monoisotopic (exact) mass is 329 g/mol. The normalized spacial score (nSPS) is 18.0. The summed E-state index contributed by atoms with van der Waals surface area (Å²) in [7, 11) is 0. The second-order valence-corrected chi connectivity index (χ2v) is 6.33. The molecule has 128 valence electrons. The van der Waals surface area contributed by atoms with Gasteiger partial charge in [0.15, 0.2) is 0 Å². The number of hydrogen-bond acceptors (Lipinski definition) is 5. The predicted octanol–water partition coefficient (Wildman–Crippen LogP) is 2.14. The van der Waals surface area contributed by atoms with E-state index in [1.165, 1.54) is 0 Å². The minimum absolute atomic E-state index is 0.337. The molecule has 1 atom stereocenters. The average molecular weight is 329 g/mol. The summed E-state index contributed by atoms with van der Waals surface area (Å²) in [4.78, 5) is 22.6. The van der Waals surface area contributed by atoms with E-state index in [2.05, 4.69) is 20.0 Å². The fraction of sp³-hybridized carbons (Fsp3) is 0.529. The van der Waals surface area contributed by atoms with Crippen molar-refractivity contribution in [3.05, 3.63) is 29.2 Å². The molecular weight excluding hydrogens is 306 g/mol. The van der Waals surface area contributed by atoms with Crippen LogP contribution in [-0.2, 0) is 11.2 Å². The minimum atomic E-state index is -0.733. The van der Waals surface area contributed by atoms with Crippen molar-refractivity contribution in [2.45, 2.75) is 40.0 Å². The zero-order valence-electron chi connectivity index (χ0n) is 14.4. The molecule has 0 saturated carbocycles. The number of aryl methyl sites for hydroxylation is 3. The number of rotatable bonds is 4. The highest BCUT2D eigenvalue weighted by atomic mass is 16.4. The SMILES string of the molecule is CCc1cc(N2CCCC(C(=O)O)C2)nc(-n2nc(C)cc2C)n1. The number of anilines is 1. The van der Waals surface area contributed by atoms with Crippen molar-refractivity contribution in [2.75, 3.05) is 18.0 Å². The first-order valence-electron chi connectivity index (χ1n) is 8.37. The van der Waals surface area contributed by atoms with E-state index >= 15 is 0 Å². The second kappa shape index (κ2) is 6.59. The molecule has 3 heterocycles. The van der Waals surface area contributed by atoms with E-state index in [0.717, 1.165) is 48.7 Å². The Balaban J connectivity index is 1.97. The first-order chi connectivity index (χ1) is 11.5. The van der Waals surface area contributed by atoms with Crippen LogP contribution in [0.2, 0.25) is 0 Å². The van der Waals surface area contributed by atoms with Gasteiger partial charge in [-0.2, -0.15) is 10.1 Å². The third-order valence-electron chi connectivity index (χ3n) is 4.41. The number of carboxylic acid groups (broad SMARTS) is 1. The van der Waals surface area contributed by atoms with E-state index in [4.69, 9.17) is 0 Å². The fourth-order valence-corrected chi connectivity index (χ4v) is 3.13. The molecule has 2 aromatic heterocycles. The van der Waals surface area contributed by atoms with Crippen molar-refractivity contribution < 1.29 is 9.90 Å². The summed E-state index contributed by atoms with van der Waals surface area (Å²) < 4.78 is 1.75. The van der Waals surface area contributed by atoms with Crippen LogP contribution in [0.1, 0.15) is 36.8 Å². The summed E-state index contributed by atoms with van der Waals surface area (Å²) in [6, 6.07) is 3.95. The Labute approximate surface area is 141 Å². The van der Waals surface area contributed by atoms with Gasteiger partial charge in [-0.1, -0.05) is 6.92 Å². The summed E-state index contributed by atoms with van der Waals surface area (Å²) in [5, 5.41) is 13.8. The number of aliphatic carboxylic acids is 1. The lowest BCUT2D eigenvalue weighted by Gasteiger charge is -2.31. The molecule has 1 N–H and O–H groups in total. The largest absolute Gasteiger partial charge is 0.481 e. The number of piperidine rings is 1. The predicted molar refractivity (Wildman–Crippen MR) is 90.6 cm³/mol. The molecule has 1 aliphatic heterocycles. The zero-order chi connectivity index (χ0) is 17.3. The molecule has 0 bridgehead atoms. The molecule has 24 heavy (non-hydrogen) atoms. The molecular formula is C17H23N5O2. The van der Waals surface area contributed by atoms with Gasteiger partial charge < -0.3 is 10.0 Å². The van der Waals surface area contributed by atoms with Gasteiger partial charge in [0.2, 0.25) is 0 Å². The fourth-order valence-electron chi connectivity index (χ4n) is 3.13. The zero-order valence-corrected chi connectivity index (χ0v) is 14.4. The van der Waals surface area contributed by atoms with E-state index < -0.39 is 5.97 Å². The van der Waals surface area contributed by atoms with Gasteiger partial charge in [-0.15, -0.1) is 0 Å². The van der Waals surface area contributed by atoms with Crippen molar-refractivity contribution in [1.82, 2.24) is 19.7 Å². The molecule has 0 radical (unpaired) electrons. The molecule has 0 spiro atoms. The standard InChI is InChI=1S/C17H23N5O2/c1-4-14-9-15(21-7-5-6-13(10-21)16(23)24)19-17(18-14)22-12(3)8-11(2)20-22/h8-9,13H,4-7,10H2,1-3H3,(H,23,24). The number of nitrogens with zero attached hydrogens (tertiary/aromatic N) is 5. The molecule has 3 rings (SSSR count). The molecule has 1 fully saturated rings. The minimum Gasteiger partial charge on any atom is -0.481 e. The maximum Gasteiger partial charge on any atom is 0.308 e.